The molecule has 0 bridgehead atoms. The van der Waals surface area contributed by atoms with Gasteiger partial charge in [0.2, 0.25) is 0 Å². The number of ether oxygens (including phenoxy) is 2. The Morgan fingerprint density at radius 1 is 1.42 bits per heavy atom. The summed E-state index contributed by atoms with van der Waals surface area (Å²) in [5.74, 6) is -0.353. The van der Waals surface area contributed by atoms with E-state index in [1.54, 1.807) is 26.8 Å². The van der Waals surface area contributed by atoms with E-state index in [1.807, 2.05) is 0 Å². The number of cyclic esters (lactones) is 1. The lowest BCUT2D eigenvalue weighted by atomic mass is 10.2. The molecule has 0 unspecified atom stereocenters. The van der Waals surface area contributed by atoms with Crippen LogP contribution in [0, 0.1) is 5.82 Å². The van der Waals surface area contributed by atoms with Gasteiger partial charge in [0.05, 0.1) is 31.1 Å². The molecule has 1 aliphatic heterocycles. The largest absolute Gasteiger partial charge is 0.443 e. The average Bonchev–Trinajstić information content (AvgIpc) is 3.33. The van der Waals surface area contributed by atoms with Crippen LogP contribution in [0.5, 0.6) is 0 Å². The lowest BCUT2D eigenvalue weighted by Gasteiger charge is -2.26. The number of hydrogen-bond donors (Lipinski definition) is 2. The first-order chi connectivity index (χ1) is 14.7. The molecular weight excluding hydrogens is 411 g/mol. The molecule has 2 aromatic rings. The maximum atomic E-state index is 14.3. The molecular formula is C20H25FN4O6. The van der Waals surface area contributed by atoms with Crippen molar-refractivity contribution in [2.24, 2.45) is 0 Å². The van der Waals surface area contributed by atoms with E-state index >= 15 is 0 Å². The first kappa shape index (κ1) is 22.3. The fraction of sp³-hybridized carbons (Fsp3) is 0.450. The van der Waals surface area contributed by atoms with Gasteiger partial charge in [0.1, 0.15) is 23.8 Å². The summed E-state index contributed by atoms with van der Waals surface area (Å²) in [6.45, 7) is 5.33. The minimum Gasteiger partial charge on any atom is -0.443 e. The third kappa shape index (κ3) is 5.63. The first-order valence-electron chi connectivity index (χ1n) is 9.71. The van der Waals surface area contributed by atoms with E-state index in [1.165, 1.54) is 34.3 Å². The molecule has 1 saturated heterocycles. The van der Waals surface area contributed by atoms with E-state index in [0.29, 0.717) is 5.69 Å². The molecule has 10 nitrogen and oxygen atoms in total. The summed E-state index contributed by atoms with van der Waals surface area (Å²) in [7, 11) is 0. The van der Waals surface area contributed by atoms with Gasteiger partial charge < -0.3 is 24.4 Å². The van der Waals surface area contributed by atoms with Crippen LogP contribution in [0.4, 0.5) is 31.2 Å². The lowest BCUT2D eigenvalue weighted by molar-refractivity contribution is 0.0556. The van der Waals surface area contributed by atoms with Gasteiger partial charge in [-0.25, -0.2) is 14.0 Å². The topological polar surface area (TPSA) is 117 Å². The maximum Gasteiger partial charge on any atom is 0.416 e. The molecule has 0 radical (unpaired) electrons. The average molecular weight is 436 g/mol. The van der Waals surface area contributed by atoms with E-state index < -0.39 is 29.7 Å². The number of carbonyl (C=O) groups excluding carboxylic acids is 2. The van der Waals surface area contributed by atoms with Gasteiger partial charge in [0, 0.05) is 12.6 Å². The number of hydrogen-bond acceptors (Lipinski definition) is 8. The highest BCUT2D eigenvalue weighted by Crippen LogP contribution is 2.27. The number of nitrogens with one attached hydrogen (secondary N) is 1. The molecule has 0 aliphatic carbocycles. The predicted octanol–water partition coefficient (Wildman–Crippen LogP) is 2.98. The second kappa shape index (κ2) is 9.21. The van der Waals surface area contributed by atoms with Gasteiger partial charge in [-0.3, -0.25) is 9.80 Å². The standard InChI is InChI=1S/C20H25FN4O6/c1-20(2,3)31-19(28)25(17-6-9-29-23-17)12-14-11-24(18(27)30-14)13-4-5-16(15(21)10-13)22-7-8-26/h4-6,9-10,14,22,26H,7-8,11-12H2,1-3H3/t14-/m1/s1. The zero-order valence-corrected chi connectivity index (χ0v) is 17.5. The Bertz CT molecular complexity index is 915. The molecule has 1 atom stereocenters. The molecule has 2 amide bonds. The van der Waals surface area contributed by atoms with Crippen LogP contribution in [0.25, 0.3) is 0 Å². The number of anilines is 3. The predicted molar refractivity (Wildman–Crippen MR) is 110 cm³/mol. The van der Waals surface area contributed by atoms with Crippen LogP contribution in [-0.4, -0.2) is 60.4 Å². The second-order valence-electron chi connectivity index (χ2n) is 7.88. The molecule has 2 N–H and O–H groups in total. The molecule has 1 aliphatic rings. The van der Waals surface area contributed by atoms with Crippen LogP contribution >= 0.6 is 0 Å². The highest BCUT2D eigenvalue weighted by Gasteiger charge is 2.36. The summed E-state index contributed by atoms with van der Waals surface area (Å²) in [5, 5.41) is 15.4. The number of halogens is 1. The van der Waals surface area contributed by atoms with E-state index in [9.17, 15) is 14.0 Å². The van der Waals surface area contributed by atoms with Crippen molar-refractivity contribution in [1.82, 2.24) is 5.16 Å². The number of aromatic nitrogens is 1. The van der Waals surface area contributed by atoms with Crippen molar-refractivity contribution in [3.05, 3.63) is 36.3 Å². The van der Waals surface area contributed by atoms with Crippen molar-refractivity contribution in [2.75, 3.05) is 41.4 Å². The minimum atomic E-state index is -0.735. The Labute approximate surface area is 178 Å². The monoisotopic (exact) mass is 436 g/mol. The third-order valence-corrected chi connectivity index (χ3v) is 4.27. The number of rotatable bonds is 7. The van der Waals surface area contributed by atoms with E-state index in [-0.39, 0.29) is 37.7 Å². The zero-order valence-electron chi connectivity index (χ0n) is 17.5. The second-order valence-corrected chi connectivity index (χ2v) is 7.88. The number of aliphatic hydroxyl groups excluding tert-OH is 1. The van der Waals surface area contributed by atoms with Crippen molar-refractivity contribution >= 4 is 29.4 Å². The molecule has 1 aromatic carbocycles. The van der Waals surface area contributed by atoms with Crippen LogP contribution in [0.1, 0.15) is 20.8 Å². The van der Waals surface area contributed by atoms with Crippen molar-refractivity contribution in [2.45, 2.75) is 32.5 Å². The number of aliphatic hydroxyl groups is 1. The number of benzene rings is 1. The summed E-state index contributed by atoms with van der Waals surface area (Å²) in [4.78, 5) is 27.5. The summed E-state index contributed by atoms with van der Waals surface area (Å²) in [6.07, 6.45) is -0.715. The summed E-state index contributed by atoms with van der Waals surface area (Å²) >= 11 is 0. The normalized spacial score (nSPS) is 16.2. The van der Waals surface area contributed by atoms with Crippen LogP contribution < -0.4 is 15.1 Å². The van der Waals surface area contributed by atoms with Crippen LogP contribution in [0.15, 0.2) is 35.1 Å². The summed E-state index contributed by atoms with van der Waals surface area (Å²) < 4.78 is 29.9. The highest BCUT2D eigenvalue weighted by atomic mass is 19.1. The highest BCUT2D eigenvalue weighted by molar-refractivity contribution is 5.91. The first-order valence-corrected chi connectivity index (χ1v) is 9.71. The van der Waals surface area contributed by atoms with Gasteiger partial charge in [-0.05, 0) is 39.0 Å². The van der Waals surface area contributed by atoms with E-state index in [0.717, 1.165) is 0 Å². The maximum absolute atomic E-state index is 14.3. The fourth-order valence-electron chi connectivity index (χ4n) is 2.96. The van der Waals surface area contributed by atoms with Crippen LogP contribution in [0.2, 0.25) is 0 Å². The zero-order chi connectivity index (χ0) is 22.6. The van der Waals surface area contributed by atoms with Crippen LogP contribution in [0.3, 0.4) is 0 Å². The fourth-order valence-corrected chi connectivity index (χ4v) is 2.96. The van der Waals surface area contributed by atoms with Gasteiger partial charge in [-0.2, -0.15) is 0 Å². The van der Waals surface area contributed by atoms with Gasteiger partial charge in [0.15, 0.2) is 5.82 Å². The number of amides is 2. The molecule has 168 valence electrons. The lowest BCUT2D eigenvalue weighted by Crippen LogP contribution is -2.42. The Kier molecular flexibility index (Phi) is 6.64. The van der Waals surface area contributed by atoms with Crippen molar-refractivity contribution in [3.63, 3.8) is 0 Å². The SMILES string of the molecule is CC(C)(C)OC(=O)N(C[C@H]1CN(c2ccc(NCCO)c(F)c2)C(=O)O1)c1ccon1. The molecule has 1 aromatic heterocycles. The Balaban J connectivity index is 1.72. The molecule has 0 saturated carbocycles. The van der Waals surface area contributed by atoms with Gasteiger partial charge >= 0.3 is 12.2 Å². The van der Waals surface area contributed by atoms with E-state index in [4.69, 9.17) is 19.1 Å². The van der Waals surface area contributed by atoms with Gasteiger partial charge in [0.25, 0.3) is 0 Å². The van der Waals surface area contributed by atoms with Crippen LogP contribution in [-0.2, 0) is 9.47 Å². The Morgan fingerprint density at radius 3 is 2.81 bits per heavy atom. The summed E-state index contributed by atoms with van der Waals surface area (Å²) in [5.41, 5.74) is -0.213. The van der Waals surface area contributed by atoms with Crippen molar-refractivity contribution in [3.8, 4) is 0 Å². The smallest absolute Gasteiger partial charge is 0.416 e. The quantitative estimate of drug-likeness (QED) is 0.680. The summed E-state index contributed by atoms with van der Waals surface area (Å²) in [6, 6.07) is 5.73. The molecule has 31 heavy (non-hydrogen) atoms. The van der Waals surface area contributed by atoms with E-state index in [2.05, 4.69) is 10.5 Å². The Morgan fingerprint density at radius 2 is 2.19 bits per heavy atom. The molecule has 0 spiro atoms. The number of carbonyl (C=O) groups is 2. The number of nitrogens with zero attached hydrogens (tertiary/aromatic N) is 3. The third-order valence-electron chi connectivity index (χ3n) is 4.27. The van der Waals surface area contributed by atoms with Crippen molar-refractivity contribution < 1.29 is 33.1 Å². The molecule has 2 heterocycles. The van der Waals surface area contributed by atoms with Gasteiger partial charge in [-0.15, -0.1) is 0 Å². The Hall–Kier alpha value is -3.34. The molecule has 11 heteroatoms. The van der Waals surface area contributed by atoms with Gasteiger partial charge in [-0.1, -0.05) is 5.16 Å². The minimum absolute atomic E-state index is 0.0255. The molecule has 1 fully saturated rings. The molecule has 3 rings (SSSR count). The van der Waals surface area contributed by atoms with Crippen molar-refractivity contribution in [1.29, 1.82) is 0 Å².